The fraction of sp³-hybridized carbons (Fsp3) is 0.0256. The monoisotopic (exact) mass is 583 g/mol. The van der Waals surface area contributed by atoms with Crippen molar-refractivity contribution in [3.8, 4) is 11.5 Å². The van der Waals surface area contributed by atoms with Crippen molar-refractivity contribution in [3.05, 3.63) is 151 Å². The molecule has 0 unspecified atom stereocenters. The summed E-state index contributed by atoms with van der Waals surface area (Å²) in [5, 5.41) is 2.16. The van der Waals surface area contributed by atoms with Crippen molar-refractivity contribution in [2.75, 3.05) is 4.90 Å². The number of para-hydroxylation sites is 5. The molecule has 6 heteroatoms. The number of hydrogen-bond donors (Lipinski definition) is 0. The van der Waals surface area contributed by atoms with Crippen molar-refractivity contribution < 1.29 is 13.3 Å². The molecular weight excluding hydrogens is 558 g/mol. The number of furan rings is 1. The molecule has 0 saturated carbocycles. The lowest BCUT2D eigenvalue weighted by Crippen LogP contribution is -2.15. The van der Waals surface area contributed by atoms with Gasteiger partial charge in [-0.1, -0.05) is 54.6 Å². The first-order chi connectivity index (χ1) is 22.3. The fourth-order valence-electron chi connectivity index (χ4n) is 5.99. The Morgan fingerprint density at radius 1 is 0.511 bits per heavy atom. The van der Waals surface area contributed by atoms with Crippen LogP contribution in [0.25, 0.3) is 61.2 Å². The van der Waals surface area contributed by atoms with E-state index in [4.69, 9.17) is 23.2 Å². The topological polar surface area (TPSA) is 68.4 Å². The Hall–Kier alpha value is -6.14. The van der Waals surface area contributed by atoms with Crippen LogP contribution in [-0.4, -0.2) is 9.97 Å². The van der Waals surface area contributed by atoms with Gasteiger partial charge < -0.3 is 18.2 Å². The van der Waals surface area contributed by atoms with Gasteiger partial charge in [0.1, 0.15) is 22.2 Å². The zero-order valence-corrected chi connectivity index (χ0v) is 24.1. The summed E-state index contributed by atoms with van der Waals surface area (Å²) in [6.45, 7) is 0. The number of hydrogen-bond acceptors (Lipinski definition) is 6. The van der Waals surface area contributed by atoms with Crippen molar-refractivity contribution >= 4 is 61.1 Å². The number of anilines is 2. The third-order valence-electron chi connectivity index (χ3n) is 8.18. The number of rotatable bonds is 5. The molecule has 0 amide bonds. The predicted molar refractivity (Wildman–Crippen MR) is 179 cm³/mol. The molecule has 45 heavy (non-hydrogen) atoms. The molecule has 214 valence electrons. The van der Waals surface area contributed by atoms with Crippen LogP contribution in [0.15, 0.2) is 159 Å². The Morgan fingerprint density at radius 2 is 1.16 bits per heavy atom. The summed E-state index contributed by atoms with van der Waals surface area (Å²) in [4.78, 5) is 11.7. The number of nitrogens with zero attached hydrogens (tertiary/aromatic N) is 3. The second-order valence-electron chi connectivity index (χ2n) is 11.0. The van der Waals surface area contributed by atoms with E-state index in [9.17, 15) is 0 Å². The third-order valence-corrected chi connectivity index (χ3v) is 8.18. The number of fused-ring (bicyclic) bond motifs is 5. The van der Waals surface area contributed by atoms with E-state index >= 15 is 0 Å². The zero-order chi connectivity index (χ0) is 29.7. The number of benzene rings is 5. The molecule has 9 rings (SSSR count). The van der Waals surface area contributed by atoms with Crippen LogP contribution < -0.4 is 4.90 Å². The summed E-state index contributed by atoms with van der Waals surface area (Å²) in [6.07, 6.45) is 9.29. The molecule has 0 saturated heterocycles. The lowest BCUT2D eigenvalue weighted by atomic mass is 10.1. The standard InChI is InChI=1S/C39H25N3O3/c1-4-13-34-30(10-1)31-24-29(22-23-35(31)43-34)42(28-20-17-26(18-21-28)39-41-33-12-3-6-15-37(33)45-39)27-9-7-8-25(16-19-27)38-40-32-11-2-5-14-36(32)44-38/h1-6,8-24H,7H2. The maximum atomic E-state index is 6.15. The lowest BCUT2D eigenvalue weighted by molar-refractivity contribution is 0.585. The van der Waals surface area contributed by atoms with E-state index in [1.54, 1.807) is 0 Å². The molecule has 3 heterocycles. The summed E-state index contributed by atoms with van der Waals surface area (Å²) >= 11 is 0. The highest BCUT2D eigenvalue weighted by Crippen LogP contribution is 2.38. The van der Waals surface area contributed by atoms with E-state index in [1.807, 2.05) is 72.8 Å². The predicted octanol–water partition coefficient (Wildman–Crippen LogP) is 10.6. The first kappa shape index (κ1) is 25.4. The molecule has 0 aliphatic heterocycles. The molecule has 0 N–H and O–H groups in total. The van der Waals surface area contributed by atoms with Gasteiger partial charge in [0.25, 0.3) is 0 Å². The average Bonchev–Trinajstić information content (AvgIpc) is 3.76. The second-order valence-corrected chi connectivity index (χ2v) is 11.0. The van der Waals surface area contributed by atoms with Crippen LogP contribution in [0.2, 0.25) is 0 Å². The first-order valence-electron chi connectivity index (χ1n) is 14.9. The molecule has 0 atom stereocenters. The van der Waals surface area contributed by atoms with Gasteiger partial charge in [-0.05, 0) is 91.4 Å². The van der Waals surface area contributed by atoms with Gasteiger partial charge in [-0.25, -0.2) is 9.97 Å². The molecule has 0 fully saturated rings. The average molecular weight is 584 g/mol. The van der Waals surface area contributed by atoms with Gasteiger partial charge in [0.15, 0.2) is 11.2 Å². The van der Waals surface area contributed by atoms with Gasteiger partial charge in [0.05, 0.1) is 0 Å². The molecule has 8 aromatic rings. The van der Waals surface area contributed by atoms with E-state index in [0.717, 1.165) is 72.3 Å². The van der Waals surface area contributed by atoms with Gasteiger partial charge in [-0.3, -0.25) is 0 Å². The minimum atomic E-state index is 0.598. The largest absolute Gasteiger partial charge is 0.456 e. The van der Waals surface area contributed by atoms with Crippen molar-refractivity contribution in [1.29, 1.82) is 0 Å². The van der Waals surface area contributed by atoms with Crippen molar-refractivity contribution in [2.24, 2.45) is 0 Å². The Morgan fingerprint density at radius 3 is 1.93 bits per heavy atom. The second kappa shape index (κ2) is 10.2. The maximum Gasteiger partial charge on any atom is 0.227 e. The van der Waals surface area contributed by atoms with E-state index in [1.165, 1.54) is 0 Å². The van der Waals surface area contributed by atoms with Crippen LogP contribution in [0.3, 0.4) is 0 Å². The molecule has 0 bridgehead atoms. The molecule has 3 aromatic heterocycles. The van der Waals surface area contributed by atoms with Crippen LogP contribution in [-0.2, 0) is 0 Å². The zero-order valence-electron chi connectivity index (χ0n) is 24.1. The highest BCUT2D eigenvalue weighted by Gasteiger charge is 2.19. The first-order valence-corrected chi connectivity index (χ1v) is 14.9. The number of aromatic nitrogens is 2. The summed E-state index contributed by atoms with van der Waals surface area (Å²) in [5.74, 6) is 1.21. The Bertz CT molecular complexity index is 2410. The van der Waals surface area contributed by atoms with E-state index in [0.29, 0.717) is 18.2 Å². The minimum Gasteiger partial charge on any atom is -0.456 e. The minimum absolute atomic E-state index is 0.598. The van der Waals surface area contributed by atoms with Crippen LogP contribution in [0.5, 0.6) is 0 Å². The number of allylic oxidation sites excluding steroid dienone is 5. The van der Waals surface area contributed by atoms with Gasteiger partial charge in [0.2, 0.25) is 11.8 Å². The third kappa shape index (κ3) is 4.43. The van der Waals surface area contributed by atoms with Crippen LogP contribution in [0.1, 0.15) is 12.3 Å². The van der Waals surface area contributed by atoms with E-state index in [2.05, 4.69) is 71.7 Å². The maximum absolute atomic E-state index is 6.15. The van der Waals surface area contributed by atoms with Crippen molar-refractivity contribution in [2.45, 2.75) is 6.42 Å². The molecule has 0 spiro atoms. The van der Waals surface area contributed by atoms with Gasteiger partial charge in [-0.2, -0.15) is 0 Å². The van der Waals surface area contributed by atoms with Crippen LogP contribution >= 0.6 is 0 Å². The van der Waals surface area contributed by atoms with E-state index < -0.39 is 0 Å². The number of oxazole rings is 2. The smallest absolute Gasteiger partial charge is 0.227 e. The van der Waals surface area contributed by atoms with Gasteiger partial charge >= 0.3 is 0 Å². The molecule has 0 radical (unpaired) electrons. The van der Waals surface area contributed by atoms with Crippen LogP contribution in [0, 0.1) is 0 Å². The Kier molecular flexibility index (Phi) is 5.77. The van der Waals surface area contributed by atoms with Crippen molar-refractivity contribution in [1.82, 2.24) is 9.97 Å². The molecular formula is C39H25N3O3. The van der Waals surface area contributed by atoms with E-state index in [-0.39, 0.29) is 0 Å². The highest BCUT2D eigenvalue weighted by molar-refractivity contribution is 6.06. The summed E-state index contributed by atoms with van der Waals surface area (Å²) in [6, 6.07) is 38.5. The molecule has 1 aliphatic rings. The molecule has 6 nitrogen and oxygen atoms in total. The van der Waals surface area contributed by atoms with Crippen molar-refractivity contribution in [3.63, 3.8) is 0 Å². The summed E-state index contributed by atoms with van der Waals surface area (Å²) < 4.78 is 18.3. The molecule has 5 aromatic carbocycles. The quantitative estimate of drug-likeness (QED) is 0.201. The summed E-state index contributed by atoms with van der Waals surface area (Å²) in [5.41, 5.74) is 9.88. The highest BCUT2D eigenvalue weighted by atomic mass is 16.4. The molecule has 1 aliphatic carbocycles. The SMILES string of the molecule is C1=CC(N(c2ccc(-c3nc4ccccc4o3)cc2)c2ccc3oc4ccccc4c3c2)=CCC=C1c1nc2ccccc2o1. The summed E-state index contributed by atoms with van der Waals surface area (Å²) in [7, 11) is 0. The Labute approximate surface area is 257 Å². The van der Waals surface area contributed by atoms with Gasteiger partial charge in [0, 0.05) is 39.0 Å². The normalized spacial score (nSPS) is 13.4. The Balaban J connectivity index is 1.13. The van der Waals surface area contributed by atoms with Gasteiger partial charge in [-0.15, -0.1) is 0 Å². The lowest BCUT2D eigenvalue weighted by Gasteiger charge is -2.26. The van der Waals surface area contributed by atoms with Crippen LogP contribution in [0.4, 0.5) is 11.4 Å². The fourth-order valence-corrected chi connectivity index (χ4v) is 5.99.